The van der Waals surface area contributed by atoms with Gasteiger partial charge in [0.15, 0.2) is 5.78 Å². The second-order valence-electron chi connectivity index (χ2n) is 5.41. The molecule has 2 heterocycles. The molecule has 0 spiro atoms. The quantitative estimate of drug-likeness (QED) is 0.856. The Labute approximate surface area is 117 Å². The number of carbonyl (C=O) groups excluding carboxylic acids is 2. The number of fused-ring (bicyclic) bond motifs is 1. The van der Waals surface area contributed by atoms with Crippen molar-refractivity contribution in [1.29, 1.82) is 0 Å². The van der Waals surface area contributed by atoms with Gasteiger partial charge in [0.2, 0.25) is 5.78 Å². The van der Waals surface area contributed by atoms with E-state index in [1.807, 2.05) is 18.7 Å². The van der Waals surface area contributed by atoms with Gasteiger partial charge in [-0.2, -0.15) is 0 Å². The van der Waals surface area contributed by atoms with E-state index in [0.29, 0.717) is 22.5 Å². The van der Waals surface area contributed by atoms with Gasteiger partial charge in [-0.15, -0.1) is 0 Å². The van der Waals surface area contributed by atoms with Gasteiger partial charge in [-0.3, -0.25) is 9.59 Å². The number of nitrogens with one attached hydrogen (secondary N) is 1. The molecule has 1 aliphatic carbocycles. The van der Waals surface area contributed by atoms with Gasteiger partial charge in [-0.25, -0.2) is 0 Å². The zero-order valence-electron chi connectivity index (χ0n) is 12.2. The fraction of sp³-hybridized carbons (Fsp3) is 0.467. The van der Waals surface area contributed by atoms with Crippen molar-refractivity contribution in [2.24, 2.45) is 0 Å². The molecule has 1 atom stereocenters. The summed E-state index contributed by atoms with van der Waals surface area (Å²) in [5.74, 6) is -0.128. The van der Waals surface area contributed by atoms with E-state index in [1.54, 1.807) is 14.0 Å². The molecule has 3 rings (SSSR count). The maximum absolute atomic E-state index is 12.6. The Hall–Kier alpha value is -1.88. The molecule has 106 valence electrons. The average Bonchev–Trinajstić information content (AvgIpc) is 3.19. The number of hydrogen-bond donors (Lipinski definition) is 1. The number of carbonyl (C=O) groups is 2. The van der Waals surface area contributed by atoms with Gasteiger partial charge >= 0.3 is 0 Å². The van der Waals surface area contributed by atoms with Gasteiger partial charge in [0.1, 0.15) is 5.69 Å². The lowest BCUT2D eigenvalue weighted by Crippen LogP contribution is -2.24. The standard InChI is InChI=1S/C15H18N2O3/c1-7-10-12(16-11(7)9(3)20-4)15(19)13(17-5-6-17)8(2)14(10)18/h9,16H,5-6H2,1-4H3. The lowest BCUT2D eigenvalue weighted by Gasteiger charge is -2.17. The van der Waals surface area contributed by atoms with Gasteiger partial charge in [0, 0.05) is 31.5 Å². The van der Waals surface area contributed by atoms with E-state index in [2.05, 4.69) is 4.98 Å². The summed E-state index contributed by atoms with van der Waals surface area (Å²) in [5.41, 5.74) is 3.66. The number of ether oxygens (including phenoxy) is 1. The van der Waals surface area contributed by atoms with Crippen molar-refractivity contribution in [2.75, 3.05) is 20.2 Å². The average molecular weight is 274 g/mol. The molecule has 5 nitrogen and oxygen atoms in total. The van der Waals surface area contributed by atoms with Crippen LogP contribution in [-0.4, -0.2) is 41.6 Å². The molecular weight excluding hydrogens is 256 g/mol. The molecule has 1 aromatic heterocycles. The largest absolute Gasteiger partial charge is 0.376 e. The van der Waals surface area contributed by atoms with Crippen LogP contribution in [-0.2, 0) is 4.74 Å². The van der Waals surface area contributed by atoms with Gasteiger partial charge in [-0.1, -0.05) is 0 Å². The number of ketones is 2. The van der Waals surface area contributed by atoms with Crippen LogP contribution >= 0.6 is 0 Å². The van der Waals surface area contributed by atoms with Crippen LogP contribution in [0.5, 0.6) is 0 Å². The summed E-state index contributed by atoms with van der Waals surface area (Å²) in [6, 6.07) is 0. The number of nitrogens with zero attached hydrogens (tertiary/aromatic N) is 1. The molecule has 20 heavy (non-hydrogen) atoms. The third-order valence-corrected chi connectivity index (χ3v) is 4.18. The molecule has 2 aliphatic rings. The number of hydrogen-bond acceptors (Lipinski definition) is 4. The summed E-state index contributed by atoms with van der Waals surface area (Å²) >= 11 is 0. The van der Waals surface area contributed by atoms with Gasteiger partial charge < -0.3 is 14.6 Å². The highest BCUT2D eigenvalue weighted by molar-refractivity contribution is 6.26. The molecule has 0 aromatic carbocycles. The van der Waals surface area contributed by atoms with E-state index >= 15 is 0 Å². The molecule has 1 N–H and O–H groups in total. The Morgan fingerprint density at radius 2 is 1.85 bits per heavy atom. The molecule has 1 fully saturated rings. The molecule has 1 aromatic rings. The number of H-pyrrole nitrogens is 1. The van der Waals surface area contributed by atoms with Crippen LogP contribution in [0.2, 0.25) is 0 Å². The number of Topliss-reactive ketones (excluding diaryl/α,β-unsaturated/α-hetero) is 2. The summed E-state index contributed by atoms with van der Waals surface area (Å²) < 4.78 is 5.30. The smallest absolute Gasteiger partial charge is 0.226 e. The first kappa shape index (κ1) is 13.1. The second kappa shape index (κ2) is 4.31. The van der Waals surface area contributed by atoms with Crippen molar-refractivity contribution in [3.8, 4) is 0 Å². The highest BCUT2D eigenvalue weighted by atomic mass is 16.5. The van der Waals surface area contributed by atoms with Gasteiger partial charge in [0.25, 0.3) is 0 Å². The Morgan fingerprint density at radius 1 is 1.20 bits per heavy atom. The van der Waals surface area contributed by atoms with E-state index in [1.165, 1.54) is 0 Å². The molecule has 1 aliphatic heterocycles. The van der Waals surface area contributed by atoms with E-state index in [0.717, 1.165) is 24.3 Å². The van der Waals surface area contributed by atoms with E-state index in [9.17, 15) is 9.59 Å². The van der Waals surface area contributed by atoms with Crippen LogP contribution in [0.1, 0.15) is 52.1 Å². The third kappa shape index (κ3) is 1.66. The summed E-state index contributed by atoms with van der Waals surface area (Å²) in [7, 11) is 1.61. The summed E-state index contributed by atoms with van der Waals surface area (Å²) in [6.07, 6.45) is -0.175. The minimum Gasteiger partial charge on any atom is -0.376 e. The summed E-state index contributed by atoms with van der Waals surface area (Å²) in [5, 5.41) is 0. The Bertz CT molecular complexity index is 650. The minimum atomic E-state index is -0.175. The Kier molecular flexibility index (Phi) is 2.83. The van der Waals surface area contributed by atoms with Crippen molar-refractivity contribution >= 4 is 11.6 Å². The fourth-order valence-corrected chi connectivity index (χ4v) is 2.83. The van der Waals surface area contributed by atoms with Crippen LogP contribution in [0.3, 0.4) is 0 Å². The number of methoxy groups -OCH3 is 1. The lowest BCUT2D eigenvalue weighted by atomic mass is 9.90. The number of aromatic amines is 1. The van der Waals surface area contributed by atoms with Crippen LogP contribution in [0, 0.1) is 6.92 Å². The van der Waals surface area contributed by atoms with Crippen molar-refractivity contribution < 1.29 is 14.3 Å². The monoisotopic (exact) mass is 274 g/mol. The molecular formula is C15H18N2O3. The molecule has 0 amide bonds. The highest BCUT2D eigenvalue weighted by Crippen LogP contribution is 2.35. The number of allylic oxidation sites excluding steroid dienone is 2. The molecule has 0 radical (unpaired) electrons. The molecule has 5 heteroatoms. The topological polar surface area (TPSA) is 62.2 Å². The van der Waals surface area contributed by atoms with Crippen LogP contribution < -0.4 is 0 Å². The van der Waals surface area contributed by atoms with Crippen LogP contribution in [0.4, 0.5) is 0 Å². The maximum Gasteiger partial charge on any atom is 0.226 e. The zero-order chi connectivity index (χ0) is 14.6. The Morgan fingerprint density at radius 3 is 2.40 bits per heavy atom. The van der Waals surface area contributed by atoms with Crippen molar-refractivity contribution in [3.05, 3.63) is 33.8 Å². The van der Waals surface area contributed by atoms with Crippen molar-refractivity contribution in [1.82, 2.24) is 9.88 Å². The van der Waals surface area contributed by atoms with Crippen molar-refractivity contribution in [2.45, 2.75) is 26.9 Å². The first-order chi connectivity index (χ1) is 9.47. The van der Waals surface area contributed by atoms with E-state index in [4.69, 9.17) is 4.74 Å². The van der Waals surface area contributed by atoms with E-state index in [-0.39, 0.29) is 17.7 Å². The minimum absolute atomic E-state index is 0.0511. The predicted octanol–water partition coefficient (Wildman–Crippen LogP) is 2.00. The van der Waals surface area contributed by atoms with Gasteiger partial charge in [-0.05, 0) is 26.3 Å². The lowest BCUT2D eigenvalue weighted by molar-refractivity contribution is 0.0957. The SMILES string of the molecule is COC(C)c1[nH]c2c(c1C)C(=O)C(C)=C(N1CC1)C2=O. The first-order valence-corrected chi connectivity index (χ1v) is 6.77. The Balaban J connectivity index is 2.16. The molecule has 1 saturated heterocycles. The highest BCUT2D eigenvalue weighted by Gasteiger charge is 2.39. The number of aromatic nitrogens is 1. The maximum atomic E-state index is 12.6. The van der Waals surface area contributed by atoms with Gasteiger partial charge in [0.05, 0.1) is 17.4 Å². The zero-order valence-corrected chi connectivity index (χ0v) is 12.2. The molecule has 0 saturated carbocycles. The van der Waals surface area contributed by atoms with E-state index < -0.39 is 0 Å². The first-order valence-electron chi connectivity index (χ1n) is 6.77. The second-order valence-corrected chi connectivity index (χ2v) is 5.41. The predicted molar refractivity (Wildman–Crippen MR) is 73.9 cm³/mol. The molecule has 0 bridgehead atoms. The summed E-state index contributed by atoms with van der Waals surface area (Å²) in [6.45, 7) is 7.19. The third-order valence-electron chi connectivity index (χ3n) is 4.18. The fourth-order valence-electron chi connectivity index (χ4n) is 2.83. The summed E-state index contributed by atoms with van der Waals surface area (Å²) in [4.78, 5) is 30.2. The normalized spacial score (nSPS) is 19.5. The number of rotatable bonds is 3. The molecule has 1 unspecified atom stereocenters. The van der Waals surface area contributed by atoms with Crippen LogP contribution in [0.15, 0.2) is 11.3 Å². The van der Waals surface area contributed by atoms with Crippen molar-refractivity contribution in [3.63, 3.8) is 0 Å². The van der Waals surface area contributed by atoms with Crippen LogP contribution in [0.25, 0.3) is 0 Å².